The second-order valence-corrected chi connectivity index (χ2v) is 8.20. The monoisotopic (exact) mass is 407 g/mol. The second-order valence-electron chi connectivity index (χ2n) is 6.26. The van der Waals surface area contributed by atoms with E-state index in [0.29, 0.717) is 32.8 Å². The maximum Gasteiger partial charge on any atom is 0.274 e. The van der Waals surface area contributed by atoms with Crippen LogP contribution in [0.3, 0.4) is 0 Å². The summed E-state index contributed by atoms with van der Waals surface area (Å²) in [7, 11) is -3.73. The fourth-order valence-electron chi connectivity index (χ4n) is 2.98. The molecule has 2 aromatic rings. The van der Waals surface area contributed by atoms with Crippen molar-refractivity contribution in [3.8, 4) is 0 Å². The predicted octanol–water partition coefficient (Wildman–Crippen LogP) is 2.02. The van der Waals surface area contributed by atoms with Gasteiger partial charge < -0.3 is 4.90 Å². The van der Waals surface area contributed by atoms with E-state index < -0.39 is 15.9 Å². The number of nitrogens with zero attached hydrogens (tertiary/aromatic N) is 2. The Balaban J connectivity index is 1.70. The van der Waals surface area contributed by atoms with Gasteiger partial charge in [0.05, 0.1) is 11.5 Å². The average Bonchev–Trinajstić information content (AvgIpc) is 2.72. The highest BCUT2D eigenvalue weighted by Crippen LogP contribution is 2.22. The zero-order chi connectivity index (χ0) is 20.1. The third-order valence-corrected chi connectivity index (χ3v) is 6.37. The molecule has 1 aliphatic heterocycles. The van der Waals surface area contributed by atoms with Crippen LogP contribution < -0.4 is 10.4 Å². The number of hydrogen-bond donors (Lipinski definition) is 1. The van der Waals surface area contributed by atoms with Crippen LogP contribution in [0.2, 0.25) is 0 Å². The number of carbonyl (C=O) groups is 1. The Bertz CT molecular complexity index is 926. The van der Waals surface area contributed by atoms with Crippen molar-refractivity contribution in [1.29, 1.82) is 0 Å². The molecule has 0 aliphatic carbocycles. The highest BCUT2D eigenvalue weighted by molar-refractivity contribution is 7.89. The first-order valence-corrected chi connectivity index (χ1v) is 10.4. The van der Waals surface area contributed by atoms with Crippen LogP contribution in [0.5, 0.6) is 0 Å². The molecule has 0 atom stereocenters. The molecule has 9 heteroatoms. The molecule has 3 rings (SSSR count). The largest absolute Gasteiger partial charge is 0.369 e. The van der Waals surface area contributed by atoms with Gasteiger partial charge in [-0.3, -0.25) is 9.63 Å². The fraction of sp³-hybridized carbons (Fsp3) is 0.316. The first-order valence-electron chi connectivity index (χ1n) is 8.94. The van der Waals surface area contributed by atoms with E-state index in [-0.39, 0.29) is 16.3 Å². The molecule has 1 fully saturated rings. The van der Waals surface area contributed by atoms with Crippen LogP contribution in [0.1, 0.15) is 17.3 Å². The Morgan fingerprint density at radius 3 is 2.43 bits per heavy atom. The van der Waals surface area contributed by atoms with Crippen LogP contribution in [0.25, 0.3) is 0 Å². The number of carbonyl (C=O) groups excluding carboxylic acids is 1. The Labute approximate surface area is 163 Å². The summed E-state index contributed by atoms with van der Waals surface area (Å²) in [5.41, 5.74) is 3.32. The molecule has 28 heavy (non-hydrogen) atoms. The molecule has 1 aliphatic rings. The Morgan fingerprint density at radius 1 is 1.11 bits per heavy atom. The van der Waals surface area contributed by atoms with Gasteiger partial charge in [-0.2, -0.15) is 4.31 Å². The number of rotatable bonds is 6. The summed E-state index contributed by atoms with van der Waals surface area (Å²) in [5.74, 6) is -0.807. The van der Waals surface area contributed by atoms with E-state index in [0.717, 1.165) is 5.69 Å². The quantitative estimate of drug-likeness (QED) is 0.742. The zero-order valence-electron chi connectivity index (χ0n) is 15.5. The fourth-order valence-corrected chi connectivity index (χ4v) is 4.45. The summed E-state index contributed by atoms with van der Waals surface area (Å²) in [5, 5.41) is 0. The van der Waals surface area contributed by atoms with Crippen molar-refractivity contribution >= 4 is 21.6 Å². The number of halogens is 1. The first-order chi connectivity index (χ1) is 13.4. The zero-order valence-corrected chi connectivity index (χ0v) is 16.3. The van der Waals surface area contributed by atoms with Gasteiger partial charge in [0.2, 0.25) is 10.0 Å². The van der Waals surface area contributed by atoms with Crippen molar-refractivity contribution < 1.29 is 22.4 Å². The van der Waals surface area contributed by atoms with Crippen molar-refractivity contribution in [1.82, 2.24) is 9.79 Å². The van der Waals surface area contributed by atoms with Crippen LogP contribution in [0, 0.1) is 5.82 Å². The molecule has 1 N–H and O–H groups in total. The van der Waals surface area contributed by atoms with Crippen LogP contribution in [0.4, 0.5) is 10.1 Å². The van der Waals surface area contributed by atoms with Crippen molar-refractivity contribution in [2.75, 3.05) is 37.7 Å². The topological polar surface area (TPSA) is 78.9 Å². The molecule has 0 spiro atoms. The number of nitrogens with one attached hydrogen (secondary N) is 1. The number of hydroxylamine groups is 1. The van der Waals surface area contributed by atoms with Gasteiger partial charge in [-0.15, -0.1) is 0 Å². The molecule has 7 nitrogen and oxygen atoms in total. The van der Waals surface area contributed by atoms with Crippen molar-refractivity contribution in [2.45, 2.75) is 11.8 Å². The lowest BCUT2D eigenvalue weighted by atomic mass is 10.2. The molecule has 2 aromatic carbocycles. The van der Waals surface area contributed by atoms with Crippen molar-refractivity contribution in [3.63, 3.8) is 0 Å². The highest BCUT2D eigenvalue weighted by Gasteiger charge is 2.29. The molecule has 0 aromatic heterocycles. The van der Waals surface area contributed by atoms with Crippen LogP contribution in [0.15, 0.2) is 53.4 Å². The second kappa shape index (κ2) is 8.68. The molecular weight excluding hydrogens is 385 g/mol. The molecular formula is C19H22FN3O4S. The van der Waals surface area contributed by atoms with Gasteiger partial charge in [-0.05, 0) is 49.4 Å². The normalized spacial score (nSPS) is 15.4. The highest BCUT2D eigenvalue weighted by atomic mass is 32.2. The molecule has 150 valence electrons. The SMILES string of the molecule is CCONC(=O)c1cccc(S(=O)(=O)N2CCN(c3ccc(F)cc3)CC2)c1. The van der Waals surface area contributed by atoms with Gasteiger partial charge in [0, 0.05) is 37.4 Å². The van der Waals surface area contributed by atoms with Gasteiger partial charge in [-0.25, -0.2) is 18.3 Å². The van der Waals surface area contributed by atoms with Gasteiger partial charge in [0.25, 0.3) is 5.91 Å². The molecule has 0 bridgehead atoms. The lowest BCUT2D eigenvalue weighted by Crippen LogP contribution is -2.48. The summed E-state index contributed by atoms with van der Waals surface area (Å²) < 4.78 is 40.4. The van der Waals surface area contributed by atoms with E-state index in [9.17, 15) is 17.6 Å². The van der Waals surface area contributed by atoms with Crippen molar-refractivity contribution in [3.05, 3.63) is 59.9 Å². The van der Waals surface area contributed by atoms with E-state index in [1.165, 1.54) is 40.7 Å². The summed E-state index contributed by atoms with van der Waals surface area (Å²) in [6.07, 6.45) is 0. The van der Waals surface area contributed by atoms with Crippen LogP contribution >= 0.6 is 0 Å². The minimum absolute atomic E-state index is 0.0619. The van der Waals surface area contributed by atoms with Gasteiger partial charge in [-0.1, -0.05) is 6.07 Å². The van der Waals surface area contributed by atoms with Gasteiger partial charge in [0.1, 0.15) is 5.82 Å². The number of piperazine rings is 1. The lowest BCUT2D eigenvalue weighted by molar-refractivity contribution is 0.0364. The third kappa shape index (κ3) is 4.49. The smallest absolute Gasteiger partial charge is 0.274 e. The number of sulfonamides is 1. The Hall–Kier alpha value is -2.49. The van der Waals surface area contributed by atoms with E-state index in [1.807, 2.05) is 4.90 Å². The number of benzene rings is 2. The minimum Gasteiger partial charge on any atom is -0.369 e. The van der Waals surface area contributed by atoms with Crippen LogP contribution in [-0.4, -0.2) is 51.4 Å². The number of amides is 1. The predicted molar refractivity (Wildman–Crippen MR) is 103 cm³/mol. The van der Waals surface area contributed by atoms with E-state index in [1.54, 1.807) is 19.1 Å². The Kier molecular flexibility index (Phi) is 6.28. The molecule has 1 heterocycles. The molecule has 0 unspecified atom stereocenters. The molecule has 1 saturated heterocycles. The summed E-state index contributed by atoms with van der Waals surface area (Å²) >= 11 is 0. The minimum atomic E-state index is -3.73. The maximum absolute atomic E-state index is 13.1. The molecule has 0 saturated carbocycles. The number of hydrogen-bond acceptors (Lipinski definition) is 5. The van der Waals surface area contributed by atoms with E-state index >= 15 is 0 Å². The first kappa shape index (κ1) is 20.2. The van der Waals surface area contributed by atoms with Crippen LogP contribution in [-0.2, 0) is 14.9 Å². The Morgan fingerprint density at radius 2 is 1.79 bits per heavy atom. The molecule has 1 amide bonds. The average molecular weight is 407 g/mol. The lowest BCUT2D eigenvalue weighted by Gasteiger charge is -2.35. The molecule has 0 radical (unpaired) electrons. The summed E-state index contributed by atoms with van der Waals surface area (Å²) in [4.78, 5) is 18.9. The summed E-state index contributed by atoms with van der Waals surface area (Å²) in [6, 6.07) is 12.0. The van der Waals surface area contributed by atoms with Gasteiger partial charge >= 0.3 is 0 Å². The van der Waals surface area contributed by atoms with Crippen molar-refractivity contribution in [2.24, 2.45) is 0 Å². The summed E-state index contributed by atoms with van der Waals surface area (Å²) in [6.45, 7) is 3.63. The van der Waals surface area contributed by atoms with Gasteiger partial charge in [0.15, 0.2) is 0 Å². The maximum atomic E-state index is 13.1. The van der Waals surface area contributed by atoms with E-state index in [4.69, 9.17) is 4.84 Å². The van der Waals surface area contributed by atoms with E-state index in [2.05, 4.69) is 5.48 Å². The third-order valence-electron chi connectivity index (χ3n) is 4.47. The standard InChI is InChI=1S/C19H22FN3O4S/c1-2-27-21-19(24)15-4-3-5-18(14-15)28(25,26)23-12-10-22(11-13-23)17-8-6-16(20)7-9-17/h3-9,14H,2,10-13H2,1H3,(H,21,24). The number of anilines is 1.